The smallest absolute Gasteiger partial charge is 0.270 e. The van der Waals surface area contributed by atoms with Crippen LogP contribution in [-0.2, 0) is 6.54 Å². The van der Waals surface area contributed by atoms with Gasteiger partial charge in [0.1, 0.15) is 17.0 Å². The Morgan fingerprint density at radius 3 is 2.42 bits per heavy atom. The Labute approximate surface area is 217 Å². The van der Waals surface area contributed by atoms with Gasteiger partial charge in [0.2, 0.25) is 5.95 Å². The fraction of sp³-hybridized carbons (Fsp3) is 0.208. The van der Waals surface area contributed by atoms with E-state index in [0.29, 0.717) is 40.2 Å². The number of nitrogens with one attached hydrogen (secondary N) is 2. The Bertz CT molecular complexity index is 1450. The van der Waals surface area contributed by atoms with E-state index in [1.165, 1.54) is 26.6 Å². The number of halogens is 2. The van der Waals surface area contributed by atoms with Crippen LogP contribution in [0.2, 0.25) is 10.0 Å². The molecule has 10 nitrogen and oxygen atoms in total. The highest BCUT2D eigenvalue weighted by Gasteiger charge is 2.23. The third-order valence-corrected chi connectivity index (χ3v) is 6.08. The number of nitrogens with zero attached hydrogens (tertiary/aromatic N) is 5. The molecule has 36 heavy (non-hydrogen) atoms. The summed E-state index contributed by atoms with van der Waals surface area (Å²) in [6.45, 7) is 7.69. The zero-order chi connectivity index (χ0) is 25.8. The molecule has 2 heterocycles. The normalized spacial score (nSPS) is 10.9. The number of hydrogen-bond acceptors (Lipinski definition) is 7. The van der Waals surface area contributed by atoms with E-state index in [0.717, 1.165) is 5.69 Å². The van der Waals surface area contributed by atoms with E-state index in [-0.39, 0.29) is 28.2 Å². The van der Waals surface area contributed by atoms with Gasteiger partial charge in [0.25, 0.3) is 12.6 Å². The number of methoxy groups -OCH3 is 2. The molecule has 0 aliphatic carbocycles. The second kappa shape index (κ2) is 10.8. The number of H-pyrrole nitrogens is 1. The third kappa shape index (κ3) is 4.90. The standard InChI is InChI=1S/C24H21Cl2N7O3/c1-27-12-33(2)11-13-10-30-24(31-13)32-23(34)15-6-5-14(21-22(15)29-8-7-28-21)18-19(25)16(35-3)9-17(36-4)20(18)26/h5-10H,11-12H2,2-4H3,(H2,30,31,32,34). The summed E-state index contributed by atoms with van der Waals surface area (Å²) < 4.78 is 10.8. The van der Waals surface area contributed by atoms with Crippen molar-refractivity contribution in [2.75, 3.05) is 33.3 Å². The Morgan fingerprint density at radius 2 is 1.78 bits per heavy atom. The van der Waals surface area contributed by atoms with Crippen LogP contribution in [0, 0.1) is 6.57 Å². The summed E-state index contributed by atoms with van der Waals surface area (Å²) in [7, 11) is 4.80. The van der Waals surface area contributed by atoms with Crippen molar-refractivity contribution in [1.29, 1.82) is 0 Å². The van der Waals surface area contributed by atoms with Crippen LogP contribution in [0.15, 0.2) is 36.8 Å². The van der Waals surface area contributed by atoms with E-state index in [9.17, 15) is 4.79 Å². The molecular weight excluding hydrogens is 505 g/mol. The number of hydrogen-bond donors (Lipinski definition) is 2. The van der Waals surface area contributed by atoms with Crippen molar-refractivity contribution >= 4 is 46.1 Å². The molecule has 2 aromatic heterocycles. The zero-order valence-electron chi connectivity index (χ0n) is 19.6. The largest absolute Gasteiger partial charge is 0.495 e. The highest BCUT2D eigenvalue weighted by Crippen LogP contribution is 2.47. The first-order valence-corrected chi connectivity index (χ1v) is 11.3. The van der Waals surface area contributed by atoms with Gasteiger partial charge in [-0.3, -0.25) is 24.9 Å². The monoisotopic (exact) mass is 525 g/mol. The summed E-state index contributed by atoms with van der Waals surface area (Å²) >= 11 is 13.2. The molecule has 1 amide bonds. The number of aromatic nitrogens is 4. The molecule has 0 saturated heterocycles. The maximum absolute atomic E-state index is 13.2. The number of benzene rings is 2. The molecule has 0 aliphatic heterocycles. The van der Waals surface area contributed by atoms with Gasteiger partial charge in [-0.2, -0.15) is 0 Å². The van der Waals surface area contributed by atoms with Gasteiger partial charge in [0.05, 0.1) is 47.2 Å². The van der Waals surface area contributed by atoms with Crippen LogP contribution in [0.4, 0.5) is 5.95 Å². The summed E-state index contributed by atoms with van der Waals surface area (Å²) in [5.74, 6) is 0.601. The molecule has 184 valence electrons. The fourth-order valence-electron chi connectivity index (χ4n) is 3.70. The summed E-state index contributed by atoms with van der Waals surface area (Å²) in [6, 6.07) is 4.92. The van der Waals surface area contributed by atoms with Crippen molar-refractivity contribution in [1.82, 2.24) is 24.8 Å². The van der Waals surface area contributed by atoms with E-state index in [4.69, 9.17) is 39.2 Å². The number of aromatic amines is 1. The van der Waals surface area contributed by atoms with Crippen LogP contribution in [0.3, 0.4) is 0 Å². The van der Waals surface area contributed by atoms with Crippen molar-refractivity contribution in [3.05, 3.63) is 69.5 Å². The average Bonchev–Trinajstić information content (AvgIpc) is 3.30. The van der Waals surface area contributed by atoms with Crippen molar-refractivity contribution < 1.29 is 14.3 Å². The van der Waals surface area contributed by atoms with Crippen LogP contribution in [0.1, 0.15) is 16.1 Å². The zero-order valence-corrected chi connectivity index (χ0v) is 21.1. The molecule has 0 radical (unpaired) electrons. The van der Waals surface area contributed by atoms with Gasteiger partial charge in [-0.1, -0.05) is 29.3 Å². The predicted octanol–water partition coefficient (Wildman–Crippen LogP) is 4.90. The molecule has 0 bridgehead atoms. The minimum Gasteiger partial charge on any atom is -0.495 e. The van der Waals surface area contributed by atoms with Crippen LogP contribution >= 0.6 is 23.2 Å². The second-order valence-electron chi connectivity index (χ2n) is 7.72. The van der Waals surface area contributed by atoms with Gasteiger partial charge in [0.15, 0.2) is 0 Å². The SMILES string of the molecule is [C-]#[N+]CN(C)Cc1cnc(NC(=O)c2ccc(-c3c(Cl)c(OC)cc(OC)c3Cl)c3nccnc23)[nH]1. The molecule has 4 rings (SSSR count). The van der Waals surface area contributed by atoms with Crippen LogP contribution in [-0.4, -0.2) is 58.7 Å². The van der Waals surface area contributed by atoms with Crippen molar-refractivity contribution in [3.63, 3.8) is 0 Å². The van der Waals surface area contributed by atoms with Gasteiger partial charge in [0, 0.05) is 36.1 Å². The lowest BCUT2D eigenvalue weighted by Gasteiger charge is -2.16. The molecule has 0 spiro atoms. The van der Waals surface area contributed by atoms with E-state index in [1.807, 2.05) is 11.9 Å². The lowest BCUT2D eigenvalue weighted by molar-refractivity contribution is 0.102. The molecule has 0 atom stereocenters. The Morgan fingerprint density at radius 1 is 1.11 bits per heavy atom. The molecule has 0 aliphatic rings. The van der Waals surface area contributed by atoms with Crippen LogP contribution in [0.25, 0.3) is 27.0 Å². The van der Waals surface area contributed by atoms with E-state index < -0.39 is 5.91 Å². The number of rotatable bonds is 8. The molecule has 2 aromatic carbocycles. The van der Waals surface area contributed by atoms with Crippen LogP contribution < -0.4 is 14.8 Å². The first-order chi connectivity index (χ1) is 17.4. The molecule has 0 fully saturated rings. The van der Waals surface area contributed by atoms with E-state index >= 15 is 0 Å². The first-order valence-electron chi connectivity index (χ1n) is 10.6. The lowest BCUT2D eigenvalue weighted by atomic mass is 9.99. The summed E-state index contributed by atoms with van der Waals surface area (Å²) in [5, 5.41) is 3.30. The maximum atomic E-state index is 13.2. The second-order valence-corrected chi connectivity index (χ2v) is 8.48. The fourth-order valence-corrected chi connectivity index (χ4v) is 4.41. The molecule has 0 saturated carbocycles. The van der Waals surface area contributed by atoms with Crippen molar-refractivity contribution in [3.8, 4) is 22.6 Å². The number of carbonyl (C=O) groups is 1. The Kier molecular flexibility index (Phi) is 7.55. The third-order valence-electron chi connectivity index (χ3n) is 5.33. The van der Waals surface area contributed by atoms with Gasteiger partial charge in [-0.15, -0.1) is 0 Å². The number of amides is 1. The Hall–Kier alpha value is -3.91. The highest BCUT2D eigenvalue weighted by atomic mass is 35.5. The lowest BCUT2D eigenvalue weighted by Crippen LogP contribution is -2.17. The van der Waals surface area contributed by atoms with Gasteiger partial charge < -0.3 is 14.5 Å². The number of anilines is 1. The first kappa shape index (κ1) is 25.2. The number of imidazole rings is 1. The summed E-state index contributed by atoms with van der Waals surface area (Å²) in [4.78, 5) is 34.4. The van der Waals surface area contributed by atoms with E-state index in [1.54, 1.807) is 24.4 Å². The highest BCUT2D eigenvalue weighted by molar-refractivity contribution is 6.41. The van der Waals surface area contributed by atoms with Gasteiger partial charge in [-0.05, 0) is 13.1 Å². The van der Waals surface area contributed by atoms with Crippen molar-refractivity contribution in [2.24, 2.45) is 0 Å². The molecule has 4 aromatic rings. The van der Waals surface area contributed by atoms with E-state index in [2.05, 4.69) is 30.1 Å². The number of fused-ring (bicyclic) bond motifs is 1. The predicted molar refractivity (Wildman–Crippen MR) is 138 cm³/mol. The molecule has 0 unspecified atom stereocenters. The topological polar surface area (TPSA) is 110 Å². The minimum atomic E-state index is -0.428. The van der Waals surface area contributed by atoms with Crippen molar-refractivity contribution in [2.45, 2.75) is 6.54 Å². The number of ether oxygens (including phenoxy) is 2. The molecule has 2 N–H and O–H groups in total. The quantitative estimate of drug-likeness (QED) is 0.314. The average molecular weight is 526 g/mol. The number of carbonyl (C=O) groups excluding carboxylic acids is 1. The Balaban J connectivity index is 1.72. The van der Waals surface area contributed by atoms with Crippen LogP contribution in [0.5, 0.6) is 11.5 Å². The molecular formula is C24H21Cl2N7O3. The summed E-state index contributed by atoms with van der Waals surface area (Å²) in [5.41, 5.74) is 2.83. The van der Waals surface area contributed by atoms with Gasteiger partial charge >= 0.3 is 0 Å². The maximum Gasteiger partial charge on any atom is 0.270 e. The minimum absolute atomic E-state index is 0.255. The molecule has 12 heteroatoms. The summed E-state index contributed by atoms with van der Waals surface area (Å²) in [6.07, 6.45) is 4.62. The van der Waals surface area contributed by atoms with Gasteiger partial charge in [-0.25, -0.2) is 16.5 Å².